The highest BCUT2D eigenvalue weighted by Gasteiger charge is 2.27. The molecule has 4 aromatic rings. The number of carbonyl (C=O) groups is 2. The van der Waals surface area contributed by atoms with Crippen LogP contribution in [0.25, 0.3) is 28.2 Å². The van der Waals surface area contributed by atoms with E-state index in [1.165, 1.54) is 4.90 Å². The Kier molecular flexibility index (Phi) is 7.69. The number of amides is 2. The number of nitriles is 1. The number of likely N-dealkylation sites (tertiary alicyclic amines) is 1. The number of nitrogens with one attached hydrogen (secondary N) is 1. The van der Waals surface area contributed by atoms with Crippen LogP contribution < -0.4 is 10.2 Å². The zero-order valence-electron chi connectivity index (χ0n) is 23.2. The van der Waals surface area contributed by atoms with Gasteiger partial charge in [0.05, 0.1) is 23.3 Å². The fourth-order valence-electron chi connectivity index (χ4n) is 5.52. The molecule has 0 unspecified atom stereocenters. The van der Waals surface area contributed by atoms with Crippen molar-refractivity contribution in [2.45, 2.75) is 25.3 Å². The third-order valence-electron chi connectivity index (χ3n) is 7.76. The van der Waals surface area contributed by atoms with E-state index in [-0.39, 0.29) is 35.7 Å². The number of hydrogen-bond acceptors (Lipinski definition) is 9. The number of piperidine rings is 1. The summed E-state index contributed by atoms with van der Waals surface area (Å²) in [6, 6.07) is 10.6. The molecule has 0 bridgehead atoms. The van der Waals surface area contributed by atoms with Gasteiger partial charge in [0.25, 0.3) is 0 Å². The zero-order chi connectivity index (χ0) is 29.9. The zero-order valence-corrected chi connectivity index (χ0v) is 23.2. The maximum Gasteiger partial charge on any atom is 0.407 e. The Morgan fingerprint density at radius 3 is 2.74 bits per heavy atom. The van der Waals surface area contributed by atoms with E-state index in [1.807, 2.05) is 29.2 Å². The molecule has 1 atom stereocenters. The lowest BCUT2D eigenvalue weighted by Crippen LogP contribution is -2.48. The van der Waals surface area contributed by atoms with Crippen LogP contribution in [0.3, 0.4) is 0 Å². The second-order valence-electron chi connectivity index (χ2n) is 10.5. The number of hydrogen-bond donors (Lipinski definition) is 2. The van der Waals surface area contributed by atoms with Gasteiger partial charge in [-0.1, -0.05) is 6.07 Å². The molecule has 2 amide bonds. The number of aromatic nitrogens is 5. The van der Waals surface area contributed by atoms with Crippen molar-refractivity contribution >= 4 is 29.2 Å². The van der Waals surface area contributed by atoms with Gasteiger partial charge in [0.2, 0.25) is 5.91 Å². The minimum absolute atomic E-state index is 0.00305. The van der Waals surface area contributed by atoms with Crippen LogP contribution in [0.4, 0.5) is 20.8 Å². The van der Waals surface area contributed by atoms with Gasteiger partial charge in [-0.05, 0) is 37.1 Å². The summed E-state index contributed by atoms with van der Waals surface area (Å²) in [6.07, 6.45) is 5.27. The van der Waals surface area contributed by atoms with Crippen molar-refractivity contribution in [3.8, 4) is 28.7 Å². The molecule has 0 radical (unpaired) electrons. The van der Waals surface area contributed by atoms with E-state index < -0.39 is 11.9 Å². The van der Waals surface area contributed by atoms with Crippen molar-refractivity contribution in [2.75, 3.05) is 49.5 Å². The van der Waals surface area contributed by atoms with Gasteiger partial charge in [-0.25, -0.2) is 28.7 Å². The summed E-state index contributed by atoms with van der Waals surface area (Å²) in [5.74, 6) is -0.0245. The first kappa shape index (κ1) is 27.8. The lowest BCUT2D eigenvalue weighted by atomic mass is 10.0. The molecular formula is C29H29FN10O3. The second-order valence-corrected chi connectivity index (χ2v) is 10.5. The average molecular weight is 585 g/mol. The van der Waals surface area contributed by atoms with E-state index in [4.69, 9.17) is 5.26 Å². The lowest BCUT2D eigenvalue weighted by molar-refractivity contribution is -0.131. The first-order valence-corrected chi connectivity index (χ1v) is 14.0. The molecule has 0 aromatic carbocycles. The second kappa shape index (κ2) is 11.9. The quantitative estimate of drug-likeness (QED) is 0.345. The Balaban J connectivity index is 1.37. The van der Waals surface area contributed by atoms with Gasteiger partial charge >= 0.3 is 6.09 Å². The van der Waals surface area contributed by atoms with E-state index in [2.05, 4.69) is 25.4 Å². The number of anilines is 2. The molecule has 2 aliphatic heterocycles. The molecule has 0 aliphatic carbocycles. The average Bonchev–Trinajstić information content (AvgIpc) is 3.47. The number of carbonyl (C=O) groups excluding carboxylic acids is 1. The molecule has 2 saturated heterocycles. The molecule has 2 N–H and O–H groups in total. The van der Waals surface area contributed by atoms with E-state index in [1.54, 1.807) is 40.1 Å². The molecule has 6 rings (SSSR count). The minimum atomic E-state index is -0.958. The summed E-state index contributed by atoms with van der Waals surface area (Å²) in [5.41, 5.74) is 1.94. The molecule has 13 nitrogen and oxygen atoms in total. The van der Waals surface area contributed by atoms with Crippen LogP contribution in [-0.2, 0) is 4.79 Å². The van der Waals surface area contributed by atoms with Crippen LogP contribution in [-0.4, -0.2) is 96.8 Å². The third-order valence-corrected chi connectivity index (χ3v) is 7.76. The SMILES string of the molecule is N#CCC(=O)N1CCC[C@@H](Nc2nc(-c3cnn4ccccc34)nc(-c3ccnc(N4CCN(C(=O)O)CC4)c3)c2F)C1. The van der Waals surface area contributed by atoms with Gasteiger partial charge < -0.3 is 25.1 Å². The first-order valence-electron chi connectivity index (χ1n) is 14.0. The summed E-state index contributed by atoms with van der Waals surface area (Å²) in [4.78, 5) is 42.4. The number of carboxylic acid groups (broad SMARTS) is 1. The smallest absolute Gasteiger partial charge is 0.407 e. The molecule has 43 heavy (non-hydrogen) atoms. The topological polar surface area (TPSA) is 156 Å². The molecule has 14 heteroatoms. The molecule has 4 aromatic heterocycles. The van der Waals surface area contributed by atoms with Gasteiger partial charge in [-0.2, -0.15) is 10.4 Å². The predicted molar refractivity (Wildman–Crippen MR) is 155 cm³/mol. The summed E-state index contributed by atoms with van der Waals surface area (Å²) in [7, 11) is 0. The maximum absolute atomic E-state index is 16.3. The van der Waals surface area contributed by atoms with Crippen molar-refractivity contribution in [1.29, 1.82) is 5.26 Å². The number of piperazine rings is 1. The van der Waals surface area contributed by atoms with Crippen LogP contribution in [0, 0.1) is 17.1 Å². The highest BCUT2D eigenvalue weighted by Crippen LogP contribution is 2.32. The monoisotopic (exact) mass is 584 g/mol. The number of halogens is 1. The van der Waals surface area contributed by atoms with Crippen LogP contribution in [0.1, 0.15) is 19.3 Å². The molecule has 2 fully saturated rings. The molecule has 220 valence electrons. The fraction of sp³-hybridized carbons (Fsp3) is 0.345. The Labute approximate surface area is 246 Å². The normalized spacial score (nSPS) is 17.1. The molecule has 0 saturated carbocycles. The molecule has 6 heterocycles. The lowest BCUT2D eigenvalue weighted by Gasteiger charge is -2.34. The highest BCUT2D eigenvalue weighted by molar-refractivity contribution is 5.79. The van der Waals surface area contributed by atoms with Gasteiger partial charge in [0.1, 0.15) is 17.9 Å². The van der Waals surface area contributed by atoms with Crippen LogP contribution in [0.15, 0.2) is 48.9 Å². The molecular weight excluding hydrogens is 555 g/mol. The summed E-state index contributed by atoms with van der Waals surface area (Å²) in [5, 5.41) is 25.9. The summed E-state index contributed by atoms with van der Waals surface area (Å²) < 4.78 is 18.0. The van der Waals surface area contributed by atoms with Crippen molar-refractivity contribution in [3.05, 3.63) is 54.7 Å². The molecule has 0 spiro atoms. The van der Waals surface area contributed by atoms with Crippen LogP contribution in [0.5, 0.6) is 0 Å². The third kappa shape index (κ3) is 5.74. The predicted octanol–water partition coefficient (Wildman–Crippen LogP) is 3.11. The van der Waals surface area contributed by atoms with Gasteiger partial charge in [0.15, 0.2) is 17.5 Å². The van der Waals surface area contributed by atoms with Gasteiger partial charge in [-0.15, -0.1) is 0 Å². The maximum atomic E-state index is 16.3. The minimum Gasteiger partial charge on any atom is -0.465 e. The number of rotatable bonds is 6. The van der Waals surface area contributed by atoms with Crippen LogP contribution in [0.2, 0.25) is 0 Å². The number of pyridine rings is 2. The largest absolute Gasteiger partial charge is 0.465 e. The van der Waals surface area contributed by atoms with E-state index in [9.17, 15) is 14.7 Å². The Bertz CT molecular complexity index is 1710. The van der Waals surface area contributed by atoms with Crippen molar-refractivity contribution in [2.24, 2.45) is 0 Å². The number of nitrogens with zero attached hydrogens (tertiary/aromatic N) is 9. The van der Waals surface area contributed by atoms with Gasteiger partial charge in [-0.3, -0.25) is 4.79 Å². The Morgan fingerprint density at radius 1 is 1.12 bits per heavy atom. The van der Waals surface area contributed by atoms with Gasteiger partial charge in [0, 0.05) is 63.3 Å². The summed E-state index contributed by atoms with van der Waals surface area (Å²) in [6.45, 7) is 2.46. The molecule has 2 aliphatic rings. The van der Waals surface area contributed by atoms with E-state index >= 15 is 4.39 Å². The van der Waals surface area contributed by atoms with Crippen LogP contribution >= 0.6 is 0 Å². The fourth-order valence-corrected chi connectivity index (χ4v) is 5.52. The van der Waals surface area contributed by atoms with Crippen molar-refractivity contribution < 1.29 is 19.1 Å². The van der Waals surface area contributed by atoms with Crippen molar-refractivity contribution in [3.63, 3.8) is 0 Å². The van der Waals surface area contributed by atoms with E-state index in [0.717, 1.165) is 5.52 Å². The van der Waals surface area contributed by atoms with Crippen molar-refractivity contribution in [1.82, 2.24) is 34.4 Å². The number of fused-ring (bicyclic) bond motifs is 1. The van der Waals surface area contributed by atoms with E-state index in [0.29, 0.717) is 69.1 Å². The highest BCUT2D eigenvalue weighted by atomic mass is 19.1. The Morgan fingerprint density at radius 2 is 1.95 bits per heavy atom. The first-order chi connectivity index (χ1) is 20.9. The standard InChI is InChI=1S/C29H29FN10O3/c30-25-26(19-7-9-32-23(16-19)37-12-14-38(15-13-37)29(42)43)35-27(21-17-33-40-11-2-1-5-22(21)40)36-28(25)34-20-4-3-10-39(18-20)24(41)6-8-31/h1-2,5,7,9,11,16-17,20H,3-4,6,10,12-15,18H2,(H,42,43)(H,34,35,36)/t20-/m1/s1. The summed E-state index contributed by atoms with van der Waals surface area (Å²) >= 11 is 0. The Hall–Kier alpha value is -5.32.